The van der Waals surface area contributed by atoms with E-state index < -0.39 is 12.0 Å². The van der Waals surface area contributed by atoms with Crippen LogP contribution in [-0.4, -0.2) is 57.1 Å². The van der Waals surface area contributed by atoms with Crippen LogP contribution in [0.5, 0.6) is 0 Å². The molecule has 0 unspecified atom stereocenters. The van der Waals surface area contributed by atoms with E-state index in [1.807, 2.05) is 0 Å². The summed E-state index contributed by atoms with van der Waals surface area (Å²) in [5, 5.41) is 5.25. The number of hydrazone groups is 1. The molecule has 10 heteroatoms. The molecule has 0 bridgehead atoms. The first-order valence-corrected chi connectivity index (χ1v) is 9.90. The maximum absolute atomic E-state index is 13.5. The number of alkyl halides is 3. The Bertz CT molecular complexity index is 1010. The van der Waals surface area contributed by atoms with Gasteiger partial charge in [0, 0.05) is 39.5 Å². The average Bonchev–Trinajstić information content (AvgIpc) is 3.09. The highest BCUT2D eigenvalue weighted by molar-refractivity contribution is 6.39. The molecule has 2 amide bonds. The quantitative estimate of drug-likeness (QED) is 0.765. The molecule has 1 aromatic heterocycles. The Morgan fingerprint density at radius 3 is 2.53 bits per heavy atom. The zero-order valence-corrected chi connectivity index (χ0v) is 16.5. The second-order valence-electron chi connectivity index (χ2n) is 7.73. The Morgan fingerprint density at radius 2 is 1.87 bits per heavy atom. The van der Waals surface area contributed by atoms with E-state index in [0.29, 0.717) is 49.1 Å². The van der Waals surface area contributed by atoms with Crippen molar-refractivity contribution in [2.24, 2.45) is 11.0 Å². The van der Waals surface area contributed by atoms with E-state index >= 15 is 0 Å². The summed E-state index contributed by atoms with van der Waals surface area (Å²) in [5.41, 5.74) is 1.15. The molecule has 0 spiro atoms. The van der Waals surface area contributed by atoms with E-state index in [1.165, 1.54) is 16.6 Å². The van der Waals surface area contributed by atoms with E-state index in [1.54, 1.807) is 29.2 Å². The lowest BCUT2D eigenvalue weighted by Crippen LogP contribution is -2.44. The number of imidazole rings is 1. The van der Waals surface area contributed by atoms with Gasteiger partial charge in [0.05, 0.1) is 11.0 Å². The molecule has 1 saturated heterocycles. The van der Waals surface area contributed by atoms with E-state index in [2.05, 4.69) is 10.1 Å². The van der Waals surface area contributed by atoms with Crippen molar-refractivity contribution in [1.82, 2.24) is 19.5 Å². The Labute approximate surface area is 171 Å². The van der Waals surface area contributed by atoms with Gasteiger partial charge in [-0.1, -0.05) is 12.1 Å². The third kappa shape index (κ3) is 3.90. The van der Waals surface area contributed by atoms with Crippen LogP contribution in [0.3, 0.4) is 0 Å². The third-order valence-corrected chi connectivity index (χ3v) is 5.70. The van der Waals surface area contributed by atoms with Crippen molar-refractivity contribution >= 4 is 28.6 Å². The number of likely N-dealkylation sites (tertiary alicyclic amines) is 1. The predicted molar refractivity (Wildman–Crippen MR) is 103 cm³/mol. The average molecular weight is 421 g/mol. The Balaban J connectivity index is 1.45. The Morgan fingerprint density at radius 1 is 1.17 bits per heavy atom. The molecular formula is C20H22F3N5O2. The van der Waals surface area contributed by atoms with Crippen molar-refractivity contribution in [1.29, 1.82) is 0 Å². The molecule has 1 aromatic carbocycles. The molecule has 7 nitrogen and oxygen atoms in total. The summed E-state index contributed by atoms with van der Waals surface area (Å²) >= 11 is 0. The minimum atomic E-state index is -4.53. The number of rotatable bonds is 3. The van der Waals surface area contributed by atoms with E-state index in [9.17, 15) is 22.8 Å². The molecular weight excluding hydrogens is 399 g/mol. The van der Waals surface area contributed by atoms with Crippen LogP contribution in [0.4, 0.5) is 13.2 Å². The highest BCUT2D eigenvalue weighted by atomic mass is 19.4. The number of fused-ring (bicyclic) bond motifs is 1. The number of carbonyl (C=O) groups is 2. The van der Waals surface area contributed by atoms with E-state index in [0.717, 1.165) is 0 Å². The van der Waals surface area contributed by atoms with Crippen LogP contribution in [0.25, 0.3) is 11.0 Å². The van der Waals surface area contributed by atoms with Gasteiger partial charge in [-0.05, 0) is 30.9 Å². The smallest absolute Gasteiger partial charge is 0.338 e. The van der Waals surface area contributed by atoms with Crippen LogP contribution in [0, 0.1) is 5.92 Å². The van der Waals surface area contributed by atoms with Gasteiger partial charge in [-0.3, -0.25) is 9.59 Å². The van der Waals surface area contributed by atoms with Crippen molar-refractivity contribution in [3.05, 3.63) is 30.1 Å². The Kier molecular flexibility index (Phi) is 5.25. The highest BCUT2D eigenvalue weighted by Gasteiger charge is 2.38. The molecule has 0 atom stereocenters. The molecule has 2 aliphatic rings. The summed E-state index contributed by atoms with van der Waals surface area (Å²) in [6.45, 7) is 1.11. The third-order valence-electron chi connectivity index (χ3n) is 5.70. The van der Waals surface area contributed by atoms with Crippen LogP contribution < -0.4 is 0 Å². The molecule has 1 fully saturated rings. The summed E-state index contributed by atoms with van der Waals surface area (Å²) in [5.74, 6) is -1.20. The lowest BCUT2D eigenvalue weighted by molar-refractivity contribution is -0.147. The zero-order chi connectivity index (χ0) is 21.5. The van der Waals surface area contributed by atoms with Gasteiger partial charge in [-0.15, -0.1) is 0 Å². The summed E-state index contributed by atoms with van der Waals surface area (Å²) in [6, 6.07) is 6.60. The fraction of sp³-hybridized carbons (Fsp3) is 0.500. The molecule has 0 radical (unpaired) electrons. The van der Waals surface area contributed by atoms with Gasteiger partial charge in [0.25, 0.3) is 5.91 Å². The van der Waals surface area contributed by atoms with Crippen molar-refractivity contribution in [3.63, 3.8) is 0 Å². The maximum Gasteiger partial charge on any atom is 0.449 e. The van der Waals surface area contributed by atoms with Crippen LogP contribution in [0.1, 0.15) is 31.5 Å². The summed E-state index contributed by atoms with van der Waals surface area (Å²) in [4.78, 5) is 29.7. The van der Waals surface area contributed by atoms with Crippen LogP contribution in [-0.2, 0) is 22.3 Å². The lowest BCUT2D eigenvalue weighted by Gasteiger charge is -2.33. The van der Waals surface area contributed by atoms with E-state index in [4.69, 9.17) is 0 Å². The molecule has 30 heavy (non-hydrogen) atoms. The predicted octanol–water partition coefficient (Wildman–Crippen LogP) is 2.90. The fourth-order valence-electron chi connectivity index (χ4n) is 4.06. The Hall–Kier alpha value is -2.91. The SMILES string of the molecule is CN1N=C(C(=O)N2CCC(Cn3c(C(F)(F)F)nc4ccccc43)CC2)CCC1=O. The second kappa shape index (κ2) is 7.73. The summed E-state index contributed by atoms with van der Waals surface area (Å²) < 4.78 is 41.7. The number of piperidine rings is 1. The second-order valence-corrected chi connectivity index (χ2v) is 7.73. The number of hydrogen-bond acceptors (Lipinski definition) is 4. The zero-order valence-electron chi connectivity index (χ0n) is 16.5. The van der Waals surface area contributed by atoms with Gasteiger partial charge < -0.3 is 9.47 Å². The molecule has 4 rings (SSSR count). The van der Waals surface area contributed by atoms with Gasteiger partial charge in [-0.25, -0.2) is 9.99 Å². The van der Waals surface area contributed by atoms with Crippen molar-refractivity contribution in [3.8, 4) is 0 Å². The lowest BCUT2D eigenvalue weighted by atomic mass is 9.96. The number of halogens is 3. The first-order chi connectivity index (χ1) is 14.2. The molecule has 0 saturated carbocycles. The largest absolute Gasteiger partial charge is 0.449 e. The van der Waals surface area contributed by atoms with Crippen molar-refractivity contribution in [2.45, 2.75) is 38.4 Å². The first kappa shape index (κ1) is 20.4. The number of benzene rings is 1. The number of nitrogens with zero attached hydrogens (tertiary/aromatic N) is 5. The molecule has 2 aromatic rings. The van der Waals surface area contributed by atoms with Gasteiger partial charge in [0.2, 0.25) is 11.7 Å². The van der Waals surface area contributed by atoms with Crippen molar-refractivity contribution < 1.29 is 22.8 Å². The van der Waals surface area contributed by atoms with E-state index in [-0.39, 0.29) is 30.7 Å². The summed E-state index contributed by atoms with van der Waals surface area (Å²) in [6.07, 6.45) is -2.77. The highest BCUT2D eigenvalue weighted by Crippen LogP contribution is 2.33. The number of amides is 2. The molecule has 3 heterocycles. The normalized spacial score (nSPS) is 18.8. The number of para-hydroxylation sites is 2. The minimum Gasteiger partial charge on any atom is -0.338 e. The number of carbonyl (C=O) groups excluding carboxylic acids is 2. The maximum atomic E-state index is 13.5. The fourth-order valence-corrected chi connectivity index (χ4v) is 4.06. The van der Waals surface area contributed by atoms with Gasteiger partial charge in [0.1, 0.15) is 5.71 Å². The monoisotopic (exact) mass is 421 g/mol. The van der Waals surface area contributed by atoms with Crippen LogP contribution in [0.15, 0.2) is 29.4 Å². The van der Waals surface area contributed by atoms with Gasteiger partial charge in [0.15, 0.2) is 0 Å². The minimum absolute atomic E-state index is 0.00491. The molecule has 0 aliphatic carbocycles. The van der Waals surface area contributed by atoms with Gasteiger partial charge >= 0.3 is 6.18 Å². The van der Waals surface area contributed by atoms with Gasteiger partial charge in [-0.2, -0.15) is 18.3 Å². The molecule has 0 N–H and O–H groups in total. The standard InChI is InChI=1S/C20H22F3N5O2/c1-26-17(29)7-6-15(25-26)18(30)27-10-8-13(9-11-27)12-28-16-5-3-2-4-14(16)24-19(28)20(21,22)23/h2-5,13H,6-12H2,1H3. The van der Waals surface area contributed by atoms with Crippen LogP contribution in [0.2, 0.25) is 0 Å². The van der Waals surface area contributed by atoms with Crippen molar-refractivity contribution in [2.75, 3.05) is 20.1 Å². The molecule has 160 valence electrons. The first-order valence-electron chi connectivity index (χ1n) is 9.90. The summed E-state index contributed by atoms with van der Waals surface area (Å²) in [7, 11) is 1.52. The number of aromatic nitrogens is 2. The molecule has 2 aliphatic heterocycles. The topological polar surface area (TPSA) is 70.8 Å². The van der Waals surface area contributed by atoms with Crippen LogP contribution >= 0.6 is 0 Å². The number of hydrogen-bond donors (Lipinski definition) is 0.